The number of fused-ring (bicyclic) bond motifs is 6. The number of benzene rings is 4. The highest BCUT2D eigenvalue weighted by Crippen LogP contribution is 2.58. The minimum absolute atomic E-state index is 0.467. The maximum absolute atomic E-state index is 6.49. The van der Waals surface area contributed by atoms with Crippen molar-refractivity contribution in [1.82, 2.24) is 19.1 Å². The van der Waals surface area contributed by atoms with Crippen molar-refractivity contribution in [3.8, 4) is 11.3 Å². The SMILES string of the molecule is Cn1cc(C2(c3cn(C)c4ccccc34)c3ccccc3-c3nc4cc(Cl)c(Cl)cc4nc32)c2ccccc21. The Hall–Kier alpha value is -4.12. The predicted molar refractivity (Wildman–Crippen MR) is 160 cm³/mol. The number of halogens is 2. The summed E-state index contributed by atoms with van der Waals surface area (Å²) >= 11 is 12.9. The molecule has 188 valence electrons. The molecule has 4 aromatic carbocycles. The number of aryl methyl sites for hydroxylation is 2. The smallest absolute Gasteiger partial charge is 0.0944 e. The molecule has 3 heterocycles. The van der Waals surface area contributed by atoms with Crippen LogP contribution in [0.15, 0.2) is 97.3 Å². The third-order valence-electron chi connectivity index (χ3n) is 8.25. The normalized spacial score (nSPS) is 13.8. The number of hydrogen-bond donors (Lipinski definition) is 0. The maximum atomic E-state index is 6.49. The second kappa shape index (κ2) is 7.95. The van der Waals surface area contributed by atoms with Gasteiger partial charge in [-0.2, -0.15) is 0 Å². The van der Waals surface area contributed by atoms with Gasteiger partial charge in [0.1, 0.15) is 0 Å². The van der Waals surface area contributed by atoms with E-state index >= 15 is 0 Å². The van der Waals surface area contributed by atoms with Gasteiger partial charge in [-0.05, 0) is 41.0 Å². The van der Waals surface area contributed by atoms with Crippen LogP contribution in [0.4, 0.5) is 0 Å². The molecule has 0 saturated carbocycles. The van der Waals surface area contributed by atoms with Crippen molar-refractivity contribution in [3.05, 3.63) is 130 Å². The largest absolute Gasteiger partial charge is 0.350 e. The van der Waals surface area contributed by atoms with Gasteiger partial charge in [0.2, 0.25) is 0 Å². The summed E-state index contributed by atoms with van der Waals surface area (Å²) in [5.41, 5.74) is 9.46. The molecule has 0 atom stereocenters. The van der Waals surface area contributed by atoms with Crippen LogP contribution in [-0.2, 0) is 19.5 Å². The zero-order valence-electron chi connectivity index (χ0n) is 21.3. The molecule has 0 aliphatic heterocycles. The lowest BCUT2D eigenvalue weighted by Crippen LogP contribution is -2.29. The average Bonchev–Trinajstić information content (AvgIpc) is 3.57. The highest BCUT2D eigenvalue weighted by Gasteiger charge is 2.51. The Bertz CT molecular complexity index is 2060. The van der Waals surface area contributed by atoms with Crippen LogP contribution in [0.1, 0.15) is 22.4 Å². The van der Waals surface area contributed by atoms with Crippen molar-refractivity contribution in [2.75, 3.05) is 0 Å². The van der Waals surface area contributed by atoms with Crippen LogP contribution in [0.2, 0.25) is 10.0 Å². The quantitative estimate of drug-likeness (QED) is 0.219. The first-order valence-electron chi connectivity index (χ1n) is 12.8. The lowest BCUT2D eigenvalue weighted by Gasteiger charge is -2.31. The molecular weight excluding hydrogens is 523 g/mol. The Morgan fingerprint density at radius 3 is 1.74 bits per heavy atom. The number of rotatable bonds is 2. The summed E-state index contributed by atoms with van der Waals surface area (Å²) in [6.45, 7) is 0. The van der Waals surface area contributed by atoms with Crippen LogP contribution in [0, 0.1) is 0 Å². The third-order valence-corrected chi connectivity index (χ3v) is 8.97. The number of para-hydroxylation sites is 2. The zero-order chi connectivity index (χ0) is 26.5. The van der Waals surface area contributed by atoms with Crippen LogP contribution in [0.3, 0.4) is 0 Å². The first kappa shape index (κ1) is 22.8. The van der Waals surface area contributed by atoms with Gasteiger partial charge < -0.3 is 9.13 Å². The number of hydrogen-bond acceptors (Lipinski definition) is 2. The molecule has 0 N–H and O–H groups in total. The van der Waals surface area contributed by atoms with Crippen molar-refractivity contribution in [3.63, 3.8) is 0 Å². The fraction of sp³-hybridized carbons (Fsp3) is 0.0909. The molecule has 6 heteroatoms. The lowest BCUT2D eigenvalue weighted by molar-refractivity contribution is 0.741. The summed E-state index contributed by atoms with van der Waals surface area (Å²) < 4.78 is 4.42. The molecule has 0 amide bonds. The fourth-order valence-corrected chi connectivity index (χ4v) is 6.93. The maximum Gasteiger partial charge on any atom is 0.0944 e. The average molecular weight is 545 g/mol. The van der Waals surface area contributed by atoms with Gasteiger partial charge in [0, 0.05) is 53.9 Å². The second-order valence-electron chi connectivity index (χ2n) is 10.3. The second-order valence-corrected chi connectivity index (χ2v) is 11.1. The van der Waals surface area contributed by atoms with Crippen molar-refractivity contribution >= 4 is 56.0 Å². The summed E-state index contributed by atoms with van der Waals surface area (Å²) in [6, 6.07) is 29.4. The highest BCUT2D eigenvalue weighted by molar-refractivity contribution is 6.42. The first-order valence-corrected chi connectivity index (χ1v) is 13.6. The Balaban J connectivity index is 1.64. The molecule has 0 fully saturated rings. The topological polar surface area (TPSA) is 35.6 Å². The first-order chi connectivity index (χ1) is 19.0. The molecular formula is C33H22Cl2N4. The summed E-state index contributed by atoms with van der Waals surface area (Å²) in [5.74, 6) is 0. The Morgan fingerprint density at radius 2 is 1.13 bits per heavy atom. The molecule has 4 nitrogen and oxygen atoms in total. The lowest BCUT2D eigenvalue weighted by atomic mass is 9.69. The van der Waals surface area contributed by atoms with Gasteiger partial charge in [-0.3, -0.25) is 0 Å². The van der Waals surface area contributed by atoms with Gasteiger partial charge in [0.15, 0.2) is 0 Å². The van der Waals surface area contributed by atoms with E-state index in [2.05, 4.69) is 108 Å². The van der Waals surface area contributed by atoms with E-state index in [1.807, 2.05) is 12.1 Å². The van der Waals surface area contributed by atoms with Crippen molar-refractivity contribution in [2.24, 2.45) is 14.1 Å². The third kappa shape index (κ3) is 2.90. The minimum Gasteiger partial charge on any atom is -0.350 e. The monoisotopic (exact) mass is 544 g/mol. The van der Waals surface area contributed by atoms with Crippen molar-refractivity contribution in [1.29, 1.82) is 0 Å². The van der Waals surface area contributed by atoms with Gasteiger partial charge in [-0.25, -0.2) is 9.97 Å². The minimum atomic E-state index is -0.707. The van der Waals surface area contributed by atoms with Crippen LogP contribution in [0.25, 0.3) is 44.1 Å². The van der Waals surface area contributed by atoms with Gasteiger partial charge >= 0.3 is 0 Å². The molecule has 0 bridgehead atoms. The number of nitrogens with zero attached hydrogens (tertiary/aromatic N) is 4. The van der Waals surface area contributed by atoms with Crippen molar-refractivity contribution in [2.45, 2.75) is 5.41 Å². The standard InChI is InChI=1S/C33H22Cl2N4/c1-38-17-23(19-9-4-7-13-29(19)38)33(24-18-39(2)30-14-8-5-10-20(24)30)22-12-6-3-11-21(22)31-32(33)37-28-16-26(35)25(34)15-27(28)36-31/h3-18H,1-2H3. The van der Waals surface area contributed by atoms with Crippen LogP contribution < -0.4 is 0 Å². The van der Waals surface area contributed by atoms with E-state index in [0.717, 1.165) is 28.0 Å². The predicted octanol–water partition coefficient (Wildman–Crippen LogP) is 8.28. The molecule has 39 heavy (non-hydrogen) atoms. The van der Waals surface area contributed by atoms with Gasteiger partial charge in [0.05, 0.1) is 37.9 Å². The van der Waals surface area contributed by atoms with Crippen LogP contribution in [-0.4, -0.2) is 19.1 Å². The molecule has 0 saturated heterocycles. The fourth-order valence-electron chi connectivity index (χ4n) is 6.62. The molecule has 7 aromatic rings. The summed E-state index contributed by atoms with van der Waals surface area (Å²) in [6.07, 6.45) is 4.53. The summed E-state index contributed by atoms with van der Waals surface area (Å²) in [5, 5.41) is 3.31. The van der Waals surface area contributed by atoms with Crippen LogP contribution >= 0.6 is 23.2 Å². The van der Waals surface area contributed by atoms with E-state index in [4.69, 9.17) is 33.2 Å². The van der Waals surface area contributed by atoms with Crippen LogP contribution in [0.5, 0.6) is 0 Å². The summed E-state index contributed by atoms with van der Waals surface area (Å²) in [4.78, 5) is 10.6. The summed E-state index contributed by atoms with van der Waals surface area (Å²) in [7, 11) is 4.22. The Labute approximate surface area is 235 Å². The Morgan fingerprint density at radius 1 is 0.615 bits per heavy atom. The zero-order valence-corrected chi connectivity index (χ0v) is 22.8. The molecule has 0 unspecified atom stereocenters. The number of aromatic nitrogens is 4. The molecule has 0 radical (unpaired) electrons. The van der Waals surface area contributed by atoms with Gasteiger partial charge in [0.25, 0.3) is 0 Å². The highest BCUT2D eigenvalue weighted by atomic mass is 35.5. The molecule has 0 spiro atoms. The van der Waals surface area contributed by atoms with E-state index in [1.165, 1.54) is 38.5 Å². The Kier molecular flexibility index (Phi) is 4.65. The van der Waals surface area contributed by atoms with E-state index in [0.29, 0.717) is 10.0 Å². The van der Waals surface area contributed by atoms with Gasteiger partial charge in [-0.15, -0.1) is 0 Å². The van der Waals surface area contributed by atoms with Gasteiger partial charge in [-0.1, -0.05) is 83.9 Å². The molecule has 3 aromatic heterocycles. The van der Waals surface area contributed by atoms with E-state index in [-0.39, 0.29) is 0 Å². The molecule has 1 aliphatic rings. The van der Waals surface area contributed by atoms with E-state index in [1.54, 1.807) is 0 Å². The van der Waals surface area contributed by atoms with Crippen molar-refractivity contribution < 1.29 is 0 Å². The van der Waals surface area contributed by atoms with E-state index in [9.17, 15) is 0 Å². The van der Waals surface area contributed by atoms with E-state index < -0.39 is 5.41 Å². The molecule has 1 aliphatic carbocycles. The molecule has 8 rings (SSSR count).